The van der Waals surface area contributed by atoms with Crippen LogP contribution in [0.25, 0.3) is 17.4 Å². The van der Waals surface area contributed by atoms with Crippen LogP contribution >= 0.6 is 46.8 Å². The highest BCUT2D eigenvalue weighted by Crippen LogP contribution is 2.32. The zero-order chi connectivity index (χ0) is 21.8. The van der Waals surface area contributed by atoms with Crippen molar-refractivity contribution in [3.05, 3.63) is 68.2 Å². The minimum Gasteiger partial charge on any atom is -0.457 e. The lowest BCUT2D eigenvalue weighted by atomic mass is 10.2. The molecule has 0 fully saturated rings. The summed E-state index contributed by atoms with van der Waals surface area (Å²) >= 11 is 18.7. The number of halogens is 2. The minimum absolute atomic E-state index is 0.107. The largest absolute Gasteiger partial charge is 0.457 e. The Kier molecular flexibility index (Phi) is 6.95. The number of carbonyl (C=O) groups is 1. The highest BCUT2D eigenvalue weighted by molar-refractivity contribution is 7.80. The Morgan fingerprint density at radius 3 is 2.73 bits per heavy atom. The van der Waals surface area contributed by atoms with Gasteiger partial charge in [0.2, 0.25) is 5.91 Å². The molecule has 0 atom stereocenters. The molecular formula is C21H15Cl2N3O2S2. The second kappa shape index (κ2) is 9.45. The summed E-state index contributed by atoms with van der Waals surface area (Å²) in [6.45, 7) is 3.79. The predicted octanol–water partition coefficient (Wildman–Crippen LogP) is 6.33. The summed E-state index contributed by atoms with van der Waals surface area (Å²) in [4.78, 5) is 13.2. The first-order valence-electron chi connectivity index (χ1n) is 8.64. The van der Waals surface area contributed by atoms with Gasteiger partial charge in [0.05, 0.1) is 10.6 Å². The van der Waals surface area contributed by atoms with Crippen molar-refractivity contribution >= 4 is 68.9 Å². The van der Waals surface area contributed by atoms with E-state index in [1.807, 2.05) is 13.8 Å². The van der Waals surface area contributed by atoms with E-state index in [0.717, 1.165) is 10.4 Å². The molecule has 0 bridgehead atoms. The molecule has 0 radical (unpaired) electrons. The van der Waals surface area contributed by atoms with Gasteiger partial charge >= 0.3 is 0 Å². The lowest BCUT2D eigenvalue weighted by Gasteiger charge is -2.06. The molecule has 3 rings (SSSR count). The summed E-state index contributed by atoms with van der Waals surface area (Å²) in [7, 11) is 0. The number of carbonyl (C=O) groups excluding carboxylic acids is 1. The first kappa shape index (κ1) is 22.1. The van der Waals surface area contributed by atoms with Crippen LogP contribution in [0.5, 0.6) is 0 Å². The molecule has 2 N–H and O–H groups in total. The van der Waals surface area contributed by atoms with Crippen molar-refractivity contribution in [2.24, 2.45) is 0 Å². The average Bonchev–Trinajstić information content (AvgIpc) is 3.24. The van der Waals surface area contributed by atoms with Gasteiger partial charge in [0, 0.05) is 21.5 Å². The monoisotopic (exact) mass is 475 g/mol. The van der Waals surface area contributed by atoms with E-state index in [2.05, 4.69) is 16.7 Å². The highest BCUT2D eigenvalue weighted by atomic mass is 35.5. The normalized spacial score (nSPS) is 10.8. The van der Waals surface area contributed by atoms with Crippen molar-refractivity contribution in [2.75, 3.05) is 5.32 Å². The number of rotatable bonds is 4. The van der Waals surface area contributed by atoms with Crippen molar-refractivity contribution in [1.29, 1.82) is 5.26 Å². The van der Waals surface area contributed by atoms with E-state index in [9.17, 15) is 10.1 Å². The lowest BCUT2D eigenvalue weighted by molar-refractivity contribution is -0.115. The molecule has 0 aliphatic carbocycles. The number of hydrogen-bond acceptors (Lipinski definition) is 5. The Morgan fingerprint density at radius 2 is 2.03 bits per heavy atom. The Bertz CT molecular complexity index is 1210. The van der Waals surface area contributed by atoms with Crippen LogP contribution in [0.3, 0.4) is 0 Å². The maximum absolute atomic E-state index is 12.1. The summed E-state index contributed by atoms with van der Waals surface area (Å²) < 4.78 is 5.71. The molecule has 2 aromatic heterocycles. The van der Waals surface area contributed by atoms with Gasteiger partial charge in [0.1, 0.15) is 22.6 Å². The van der Waals surface area contributed by atoms with Crippen molar-refractivity contribution < 1.29 is 9.21 Å². The molecule has 0 aliphatic heterocycles. The molecule has 3 aromatic rings. The van der Waals surface area contributed by atoms with Crippen molar-refractivity contribution in [1.82, 2.24) is 5.32 Å². The molecular weight excluding hydrogens is 461 g/mol. The highest BCUT2D eigenvalue weighted by Gasteiger charge is 2.14. The van der Waals surface area contributed by atoms with Crippen molar-refractivity contribution in [3.8, 4) is 17.4 Å². The second-order valence-corrected chi connectivity index (χ2v) is 8.68. The van der Waals surface area contributed by atoms with E-state index in [0.29, 0.717) is 37.7 Å². The Balaban J connectivity index is 1.63. The SMILES string of the molecule is Cc1sc(NC(=S)NC(=O)/C=C/c2ccc(-c3ccc(Cl)cc3Cl)o2)c(C#N)c1C. The van der Waals surface area contributed by atoms with E-state index in [1.165, 1.54) is 23.5 Å². The number of nitrogens with one attached hydrogen (secondary N) is 2. The number of hydrogen-bond donors (Lipinski definition) is 2. The standard InChI is InChI=1S/C21H15Cl2N3O2S2/c1-11-12(2)30-20(16(11)10-24)26-21(29)25-19(27)8-5-14-4-7-18(28-14)15-6-3-13(22)9-17(15)23/h3-9H,1-2H3,(H2,25,26,27,29)/b8-5+. The van der Waals surface area contributed by atoms with Crippen LogP contribution in [0, 0.1) is 25.2 Å². The van der Waals surface area contributed by atoms with Crippen LogP contribution in [0.1, 0.15) is 21.8 Å². The number of thiophene rings is 1. The summed E-state index contributed by atoms with van der Waals surface area (Å²) in [6.07, 6.45) is 2.82. The van der Waals surface area contributed by atoms with Gasteiger partial charge in [-0.3, -0.25) is 10.1 Å². The second-order valence-electron chi connectivity index (χ2n) is 6.20. The number of benzene rings is 1. The molecule has 0 aliphatic rings. The molecule has 0 spiro atoms. The zero-order valence-corrected chi connectivity index (χ0v) is 19.0. The van der Waals surface area contributed by atoms with Gasteiger partial charge in [-0.05, 0) is 68.0 Å². The third-order valence-electron chi connectivity index (χ3n) is 4.18. The number of anilines is 1. The number of aryl methyl sites for hydroxylation is 1. The number of thiocarbonyl (C=S) groups is 1. The Morgan fingerprint density at radius 1 is 1.27 bits per heavy atom. The Labute approximate surface area is 192 Å². The van der Waals surface area contributed by atoms with Gasteiger partial charge in [-0.2, -0.15) is 5.26 Å². The molecule has 5 nitrogen and oxygen atoms in total. The van der Waals surface area contributed by atoms with Gasteiger partial charge in [0.25, 0.3) is 0 Å². The molecule has 0 unspecified atom stereocenters. The first-order chi connectivity index (χ1) is 14.3. The third kappa shape index (κ3) is 5.10. The van der Waals surface area contributed by atoms with Crippen LogP contribution in [-0.2, 0) is 4.79 Å². The fourth-order valence-electron chi connectivity index (χ4n) is 2.57. The summed E-state index contributed by atoms with van der Waals surface area (Å²) in [5.74, 6) is 0.598. The molecule has 2 heterocycles. The predicted molar refractivity (Wildman–Crippen MR) is 126 cm³/mol. The summed E-state index contributed by atoms with van der Waals surface area (Å²) in [5.41, 5.74) is 2.12. The van der Waals surface area contributed by atoms with E-state index in [1.54, 1.807) is 30.3 Å². The van der Waals surface area contributed by atoms with Crippen LogP contribution in [0.2, 0.25) is 10.0 Å². The van der Waals surface area contributed by atoms with Crippen LogP contribution in [0.4, 0.5) is 5.00 Å². The quantitative estimate of drug-likeness (QED) is 0.340. The minimum atomic E-state index is -0.432. The topological polar surface area (TPSA) is 78.1 Å². The molecule has 1 aromatic carbocycles. The fourth-order valence-corrected chi connectivity index (χ4v) is 4.36. The molecule has 152 valence electrons. The Hall–Kier alpha value is -2.63. The molecule has 0 saturated heterocycles. The van der Waals surface area contributed by atoms with E-state index >= 15 is 0 Å². The van der Waals surface area contributed by atoms with E-state index < -0.39 is 5.91 Å². The average molecular weight is 476 g/mol. The maximum Gasteiger partial charge on any atom is 0.250 e. The van der Waals surface area contributed by atoms with Crippen LogP contribution in [0.15, 0.2) is 40.8 Å². The summed E-state index contributed by atoms with van der Waals surface area (Å²) in [5, 5.41) is 16.4. The van der Waals surface area contributed by atoms with E-state index in [-0.39, 0.29) is 5.11 Å². The molecule has 0 saturated carbocycles. The van der Waals surface area contributed by atoms with Crippen LogP contribution < -0.4 is 10.6 Å². The van der Waals surface area contributed by atoms with Crippen LogP contribution in [-0.4, -0.2) is 11.0 Å². The van der Waals surface area contributed by atoms with E-state index in [4.69, 9.17) is 39.8 Å². The third-order valence-corrected chi connectivity index (χ3v) is 6.06. The van der Waals surface area contributed by atoms with Crippen molar-refractivity contribution in [2.45, 2.75) is 13.8 Å². The van der Waals surface area contributed by atoms with Gasteiger partial charge in [-0.1, -0.05) is 23.2 Å². The van der Waals surface area contributed by atoms with Gasteiger partial charge in [-0.25, -0.2) is 0 Å². The van der Waals surface area contributed by atoms with Crippen molar-refractivity contribution in [3.63, 3.8) is 0 Å². The smallest absolute Gasteiger partial charge is 0.250 e. The lowest BCUT2D eigenvalue weighted by Crippen LogP contribution is -2.32. The molecule has 9 heteroatoms. The molecule has 1 amide bonds. The number of furan rings is 1. The van der Waals surface area contributed by atoms with Gasteiger partial charge < -0.3 is 9.73 Å². The number of nitrogens with zero attached hydrogens (tertiary/aromatic N) is 1. The fraction of sp³-hybridized carbons (Fsp3) is 0.0952. The molecule has 30 heavy (non-hydrogen) atoms. The first-order valence-corrected chi connectivity index (χ1v) is 10.6. The maximum atomic E-state index is 12.1. The number of amides is 1. The van der Waals surface area contributed by atoms with Gasteiger partial charge in [0.15, 0.2) is 5.11 Å². The summed E-state index contributed by atoms with van der Waals surface area (Å²) in [6, 6.07) is 10.7. The number of nitriles is 1. The zero-order valence-electron chi connectivity index (χ0n) is 15.9. The van der Waals surface area contributed by atoms with Gasteiger partial charge in [-0.15, -0.1) is 11.3 Å².